The van der Waals surface area contributed by atoms with Crippen LogP contribution in [0.3, 0.4) is 0 Å². The van der Waals surface area contributed by atoms with Crippen molar-refractivity contribution < 1.29 is 9.47 Å². The van der Waals surface area contributed by atoms with E-state index in [4.69, 9.17) is 14.9 Å². The van der Waals surface area contributed by atoms with Crippen molar-refractivity contribution in [3.63, 3.8) is 0 Å². The topological polar surface area (TPSA) is 42.3 Å². The maximum Gasteiger partial charge on any atom is 0.213 e. The maximum absolute atomic E-state index is 7.67. The van der Waals surface area contributed by atoms with E-state index in [1.807, 2.05) is 61.5 Å². The summed E-state index contributed by atoms with van der Waals surface area (Å²) in [7, 11) is 0. The molecular formula is C16H17NO2. The van der Waals surface area contributed by atoms with Gasteiger partial charge in [-0.05, 0) is 36.8 Å². The minimum absolute atomic E-state index is 0.192. The Morgan fingerprint density at radius 2 is 1.68 bits per heavy atom. The van der Waals surface area contributed by atoms with Gasteiger partial charge in [0.05, 0.1) is 6.61 Å². The van der Waals surface area contributed by atoms with E-state index in [1.54, 1.807) is 0 Å². The maximum atomic E-state index is 7.67. The molecule has 2 rings (SSSR count). The van der Waals surface area contributed by atoms with Gasteiger partial charge in [-0.25, -0.2) is 0 Å². The average molecular weight is 255 g/mol. The van der Waals surface area contributed by atoms with Crippen LogP contribution in [0.4, 0.5) is 0 Å². The standard InChI is InChI=1S/C16H17NO2/c1-2-18-16(17)14-8-10-15(11-9-14)19-12-13-6-4-3-5-7-13/h3-11,17H,2,12H2,1H3. The summed E-state index contributed by atoms with van der Waals surface area (Å²) >= 11 is 0. The third-order valence-corrected chi connectivity index (χ3v) is 2.65. The van der Waals surface area contributed by atoms with Crippen LogP contribution in [0.1, 0.15) is 18.1 Å². The van der Waals surface area contributed by atoms with Crippen LogP contribution >= 0.6 is 0 Å². The Kier molecular flexibility index (Phi) is 4.56. The van der Waals surface area contributed by atoms with Gasteiger partial charge in [-0.15, -0.1) is 0 Å². The van der Waals surface area contributed by atoms with Crippen LogP contribution in [-0.2, 0) is 11.3 Å². The van der Waals surface area contributed by atoms with Gasteiger partial charge < -0.3 is 9.47 Å². The molecule has 0 saturated heterocycles. The third kappa shape index (κ3) is 3.85. The first-order chi connectivity index (χ1) is 9.29. The van der Waals surface area contributed by atoms with Crippen LogP contribution < -0.4 is 4.74 Å². The van der Waals surface area contributed by atoms with Crippen molar-refractivity contribution in [3.05, 3.63) is 65.7 Å². The lowest BCUT2D eigenvalue weighted by Gasteiger charge is -2.08. The van der Waals surface area contributed by atoms with Crippen molar-refractivity contribution in [1.82, 2.24) is 0 Å². The minimum Gasteiger partial charge on any atom is -0.489 e. The second-order valence-corrected chi connectivity index (χ2v) is 4.06. The molecule has 2 aromatic carbocycles. The Morgan fingerprint density at radius 1 is 1.00 bits per heavy atom. The zero-order chi connectivity index (χ0) is 13.5. The van der Waals surface area contributed by atoms with E-state index >= 15 is 0 Å². The predicted octanol–water partition coefficient (Wildman–Crippen LogP) is 3.63. The monoisotopic (exact) mass is 255 g/mol. The Bertz CT molecular complexity index is 520. The fourth-order valence-electron chi connectivity index (χ4n) is 1.67. The second-order valence-electron chi connectivity index (χ2n) is 4.06. The van der Waals surface area contributed by atoms with E-state index < -0.39 is 0 Å². The lowest BCUT2D eigenvalue weighted by atomic mass is 10.2. The van der Waals surface area contributed by atoms with Gasteiger partial charge in [-0.1, -0.05) is 30.3 Å². The molecule has 0 atom stereocenters. The van der Waals surface area contributed by atoms with Gasteiger partial charge in [0.2, 0.25) is 5.90 Å². The zero-order valence-electron chi connectivity index (χ0n) is 10.9. The zero-order valence-corrected chi connectivity index (χ0v) is 10.9. The van der Waals surface area contributed by atoms with Crippen LogP contribution in [0.15, 0.2) is 54.6 Å². The molecule has 0 amide bonds. The predicted molar refractivity (Wildman–Crippen MR) is 75.7 cm³/mol. The number of benzene rings is 2. The molecule has 0 heterocycles. The molecule has 3 nitrogen and oxygen atoms in total. The molecule has 0 fully saturated rings. The van der Waals surface area contributed by atoms with Crippen LogP contribution in [-0.4, -0.2) is 12.5 Å². The lowest BCUT2D eigenvalue weighted by Crippen LogP contribution is -2.04. The average Bonchev–Trinajstić information content (AvgIpc) is 2.47. The van der Waals surface area contributed by atoms with Gasteiger partial charge in [0.25, 0.3) is 0 Å². The van der Waals surface area contributed by atoms with E-state index in [0.717, 1.165) is 16.9 Å². The van der Waals surface area contributed by atoms with E-state index in [0.29, 0.717) is 13.2 Å². The fraction of sp³-hybridized carbons (Fsp3) is 0.188. The molecule has 0 spiro atoms. The number of hydrogen-bond donors (Lipinski definition) is 1. The quantitative estimate of drug-likeness (QED) is 0.655. The molecular weight excluding hydrogens is 238 g/mol. The van der Waals surface area contributed by atoms with E-state index in [-0.39, 0.29) is 5.90 Å². The summed E-state index contributed by atoms with van der Waals surface area (Å²) in [6.45, 7) is 2.92. The van der Waals surface area contributed by atoms with Crippen LogP contribution in [0.2, 0.25) is 0 Å². The molecule has 1 N–H and O–H groups in total. The van der Waals surface area contributed by atoms with Crippen LogP contribution in [0.25, 0.3) is 0 Å². The molecule has 0 saturated carbocycles. The summed E-state index contributed by atoms with van der Waals surface area (Å²) in [6, 6.07) is 17.4. The molecule has 3 heteroatoms. The molecule has 0 aliphatic heterocycles. The SMILES string of the molecule is CCOC(=N)c1ccc(OCc2ccccc2)cc1. The van der Waals surface area contributed by atoms with Crippen molar-refractivity contribution in [2.24, 2.45) is 0 Å². The molecule has 19 heavy (non-hydrogen) atoms. The Hall–Kier alpha value is -2.29. The van der Waals surface area contributed by atoms with Crippen molar-refractivity contribution >= 4 is 5.90 Å². The van der Waals surface area contributed by atoms with Crippen LogP contribution in [0, 0.1) is 5.41 Å². The molecule has 0 unspecified atom stereocenters. The third-order valence-electron chi connectivity index (χ3n) is 2.65. The highest BCUT2D eigenvalue weighted by Gasteiger charge is 2.02. The normalized spacial score (nSPS) is 9.95. The molecule has 0 aromatic heterocycles. The summed E-state index contributed by atoms with van der Waals surface area (Å²) in [5.41, 5.74) is 1.89. The molecule has 98 valence electrons. The highest BCUT2D eigenvalue weighted by Crippen LogP contribution is 2.14. The van der Waals surface area contributed by atoms with Gasteiger partial charge in [0.15, 0.2) is 0 Å². The highest BCUT2D eigenvalue weighted by molar-refractivity contribution is 5.91. The smallest absolute Gasteiger partial charge is 0.213 e. The molecule has 0 aliphatic rings. The molecule has 2 aromatic rings. The Morgan fingerprint density at radius 3 is 2.32 bits per heavy atom. The Balaban J connectivity index is 1.94. The number of rotatable bonds is 5. The first-order valence-electron chi connectivity index (χ1n) is 6.28. The van der Waals surface area contributed by atoms with Crippen molar-refractivity contribution in [3.8, 4) is 5.75 Å². The fourth-order valence-corrected chi connectivity index (χ4v) is 1.67. The first kappa shape index (κ1) is 13.1. The molecule has 0 radical (unpaired) electrons. The first-order valence-corrected chi connectivity index (χ1v) is 6.28. The lowest BCUT2D eigenvalue weighted by molar-refractivity contribution is 0.306. The van der Waals surface area contributed by atoms with Gasteiger partial charge in [-0.2, -0.15) is 0 Å². The van der Waals surface area contributed by atoms with Crippen LogP contribution in [0.5, 0.6) is 5.75 Å². The largest absolute Gasteiger partial charge is 0.489 e. The summed E-state index contributed by atoms with van der Waals surface area (Å²) in [5.74, 6) is 0.981. The van der Waals surface area contributed by atoms with Crippen molar-refractivity contribution in [1.29, 1.82) is 5.41 Å². The summed E-state index contributed by atoms with van der Waals surface area (Å²) in [4.78, 5) is 0. The summed E-state index contributed by atoms with van der Waals surface area (Å²) < 4.78 is 10.8. The van der Waals surface area contributed by atoms with Gasteiger partial charge >= 0.3 is 0 Å². The number of nitrogens with one attached hydrogen (secondary N) is 1. The van der Waals surface area contributed by atoms with Gasteiger partial charge in [0.1, 0.15) is 12.4 Å². The van der Waals surface area contributed by atoms with E-state index in [9.17, 15) is 0 Å². The van der Waals surface area contributed by atoms with E-state index in [2.05, 4.69) is 0 Å². The van der Waals surface area contributed by atoms with Crippen molar-refractivity contribution in [2.75, 3.05) is 6.61 Å². The summed E-state index contributed by atoms with van der Waals surface area (Å²) in [5, 5.41) is 7.67. The molecule has 0 bridgehead atoms. The summed E-state index contributed by atoms with van der Waals surface area (Å²) in [6.07, 6.45) is 0. The highest BCUT2D eigenvalue weighted by atomic mass is 16.5. The number of hydrogen-bond acceptors (Lipinski definition) is 3. The molecule has 0 aliphatic carbocycles. The van der Waals surface area contributed by atoms with Gasteiger partial charge in [0, 0.05) is 5.56 Å². The second kappa shape index (κ2) is 6.59. The van der Waals surface area contributed by atoms with E-state index in [1.165, 1.54) is 0 Å². The van der Waals surface area contributed by atoms with Gasteiger partial charge in [-0.3, -0.25) is 5.41 Å². The Labute approximate surface area is 113 Å². The van der Waals surface area contributed by atoms with Crippen molar-refractivity contribution in [2.45, 2.75) is 13.5 Å². The number of ether oxygens (including phenoxy) is 2. The minimum atomic E-state index is 0.192.